The number of piperazine rings is 1. The molecule has 7 nitrogen and oxygen atoms in total. The SMILES string of the molecule is COc1ccc(-c2cc(C(=O)N3CCN(Cc4ccccc4)CC3)n(-c3ccc(Cl)c(Cl)c3)n2)c(OC)c1. The summed E-state index contributed by atoms with van der Waals surface area (Å²) in [5, 5.41) is 5.63. The molecule has 0 saturated carbocycles. The maximum atomic E-state index is 13.8. The Balaban J connectivity index is 1.45. The predicted octanol–water partition coefficient (Wildman–Crippen LogP) is 5.82. The minimum Gasteiger partial charge on any atom is -0.497 e. The van der Waals surface area contributed by atoms with E-state index in [1.165, 1.54) is 5.56 Å². The third kappa shape index (κ3) is 5.50. The van der Waals surface area contributed by atoms with E-state index in [0.717, 1.165) is 25.2 Å². The normalized spacial score (nSPS) is 13.9. The molecule has 0 bridgehead atoms. The fourth-order valence-corrected chi connectivity index (χ4v) is 4.89. The van der Waals surface area contributed by atoms with Gasteiger partial charge in [0.25, 0.3) is 5.91 Å². The van der Waals surface area contributed by atoms with Gasteiger partial charge in [0.15, 0.2) is 0 Å². The molecule has 0 unspecified atom stereocenters. The van der Waals surface area contributed by atoms with Crippen LogP contribution in [0.1, 0.15) is 16.1 Å². The van der Waals surface area contributed by atoms with Crippen LogP contribution in [-0.4, -0.2) is 65.9 Å². The molecule has 1 fully saturated rings. The molecule has 0 radical (unpaired) electrons. The van der Waals surface area contributed by atoms with E-state index < -0.39 is 0 Å². The first kappa shape index (κ1) is 26.1. The van der Waals surface area contributed by atoms with E-state index in [9.17, 15) is 4.79 Å². The van der Waals surface area contributed by atoms with Crippen LogP contribution in [0.25, 0.3) is 16.9 Å². The summed E-state index contributed by atoms with van der Waals surface area (Å²) in [7, 11) is 3.19. The van der Waals surface area contributed by atoms with Gasteiger partial charge in [0, 0.05) is 44.4 Å². The average molecular weight is 551 g/mol. The highest BCUT2D eigenvalue weighted by molar-refractivity contribution is 6.42. The second-order valence-corrected chi connectivity index (χ2v) is 9.86. The third-order valence-electron chi connectivity index (χ3n) is 6.67. The molecule has 4 aromatic rings. The van der Waals surface area contributed by atoms with Gasteiger partial charge in [-0.3, -0.25) is 9.69 Å². The predicted molar refractivity (Wildman–Crippen MR) is 150 cm³/mol. The van der Waals surface area contributed by atoms with Crippen LogP contribution in [0.3, 0.4) is 0 Å². The van der Waals surface area contributed by atoms with Crippen molar-refractivity contribution in [3.05, 3.63) is 94.1 Å². The van der Waals surface area contributed by atoms with Crippen molar-refractivity contribution in [3.63, 3.8) is 0 Å². The second kappa shape index (κ2) is 11.5. The van der Waals surface area contributed by atoms with Gasteiger partial charge >= 0.3 is 0 Å². The molecule has 1 amide bonds. The molecule has 1 aliphatic rings. The maximum Gasteiger partial charge on any atom is 0.272 e. The molecule has 0 aliphatic carbocycles. The highest BCUT2D eigenvalue weighted by Crippen LogP contribution is 2.34. The van der Waals surface area contributed by atoms with Crippen molar-refractivity contribution < 1.29 is 14.3 Å². The summed E-state index contributed by atoms with van der Waals surface area (Å²) < 4.78 is 12.6. The smallest absolute Gasteiger partial charge is 0.272 e. The summed E-state index contributed by atoms with van der Waals surface area (Å²) >= 11 is 12.5. The van der Waals surface area contributed by atoms with Crippen molar-refractivity contribution in [1.29, 1.82) is 0 Å². The minimum atomic E-state index is -0.0957. The first-order valence-corrected chi connectivity index (χ1v) is 13.1. The van der Waals surface area contributed by atoms with Crippen molar-refractivity contribution in [3.8, 4) is 28.4 Å². The third-order valence-corrected chi connectivity index (χ3v) is 7.41. The number of hydrogen-bond acceptors (Lipinski definition) is 5. The lowest BCUT2D eigenvalue weighted by atomic mass is 10.1. The van der Waals surface area contributed by atoms with Crippen molar-refractivity contribution in [2.45, 2.75) is 6.54 Å². The summed E-state index contributed by atoms with van der Waals surface area (Å²) in [5.41, 5.74) is 3.69. The van der Waals surface area contributed by atoms with Crippen LogP contribution in [0.4, 0.5) is 0 Å². The number of carbonyl (C=O) groups is 1. The van der Waals surface area contributed by atoms with Crippen molar-refractivity contribution >= 4 is 29.1 Å². The van der Waals surface area contributed by atoms with Gasteiger partial charge in [0.1, 0.15) is 17.2 Å². The number of ether oxygens (including phenoxy) is 2. The molecule has 5 rings (SSSR count). The number of benzene rings is 3. The molecular formula is C29H28Cl2N4O3. The Morgan fingerprint density at radius 1 is 0.868 bits per heavy atom. The van der Waals surface area contributed by atoms with Crippen LogP contribution in [0.5, 0.6) is 11.5 Å². The molecule has 0 spiro atoms. The monoisotopic (exact) mass is 550 g/mol. The second-order valence-electron chi connectivity index (χ2n) is 9.05. The van der Waals surface area contributed by atoms with E-state index in [4.69, 9.17) is 37.8 Å². The largest absolute Gasteiger partial charge is 0.497 e. The number of hydrogen-bond donors (Lipinski definition) is 0. The summed E-state index contributed by atoms with van der Waals surface area (Å²) in [6.07, 6.45) is 0. The molecule has 9 heteroatoms. The van der Waals surface area contributed by atoms with Gasteiger partial charge in [-0.15, -0.1) is 0 Å². The average Bonchev–Trinajstić information content (AvgIpc) is 3.40. The fraction of sp³-hybridized carbons (Fsp3) is 0.241. The van der Waals surface area contributed by atoms with E-state index >= 15 is 0 Å². The lowest BCUT2D eigenvalue weighted by Gasteiger charge is -2.34. The first-order valence-electron chi connectivity index (χ1n) is 12.3. The molecular weight excluding hydrogens is 523 g/mol. The molecule has 0 atom stereocenters. The van der Waals surface area contributed by atoms with Gasteiger partial charge in [-0.1, -0.05) is 53.5 Å². The van der Waals surface area contributed by atoms with E-state index in [1.54, 1.807) is 49.2 Å². The van der Waals surface area contributed by atoms with E-state index in [-0.39, 0.29) is 5.91 Å². The molecule has 196 valence electrons. The summed E-state index contributed by atoms with van der Waals surface area (Å²) in [6.45, 7) is 3.70. The minimum absolute atomic E-state index is 0.0957. The molecule has 1 aromatic heterocycles. The highest BCUT2D eigenvalue weighted by atomic mass is 35.5. The lowest BCUT2D eigenvalue weighted by molar-refractivity contribution is 0.0619. The number of amides is 1. The van der Waals surface area contributed by atoms with Gasteiger partial charge in [-0.05, 0) is 42.0 Å². The molecule has 1 aliphatic heterocycles. The van der Waals surface area contributed by atoms with Crippen molar-refractivity contribution in [2.24, 2.45) is 0 Å². The Hall–Kier alpha value is -3.52. The van der Waals surface area contributed by atoms with Gasteiger partial charge in [-0.25, -0.2) is 4.68 Å². The zero-order valence-electron chi connectivity index (χ0n) is 21.2. The Morgan fingerprint density at radius 3 is 2.32 bits per heavy atom. The van der Waals surface area contributed by atoms with E-state index in [0.29, 0.717) is 51.7 Å². The quantitative estimate of drug-likeness (QED) is 0.290. The number of aromatic nitrogens is 2. The van der Waals surface area contributed by atoms with E-state index in [1.807, 2.05) is 23.1 Å². The van der Waals surface area contributed by atoms with Crippen molar-refractivity contribution in [2.75, 3.05) is 40.4 Å². The van der Waals surface area contributed by atoms with E-state index in [2.05, 4.69) is 29.2 Å². The number of methoxy groups -OCH3 is 2. The highest BCUT2D eigenvalue weighted by Gasteiger charge is 2.27. The Labute approximate surface area is 232 Å². The Bertz CT molecular complexity index is 1430. The van der Waals surface area contributed by atoms with Crippen molar-refractivity contribution in [1.82, 2.24) is 19.6 Å². The summed E-state index contributed by atoms with van der Waals surface area (Å²) in [4.78, 5) is 18.1. The van der Waals surface area contributed by atoms with Crippen LogP contribution in [0, 0.1) is 0 Å². The number of carbonyl (C=O) groups excluding carboxylic acids is 1. The fourth-order valence-electron chi connectivity index (χ4n) is 4.60. The lowest BCUT2D eigenvalue weighted by Crippen LogP contribution is -2.48. The standard InChI is InChI=1S/C29H28Cl2N4O3/c1-37-22-9-10-23(28(17-22)38-2)26-18-27(35(32-26)21-8-11-24(30)25(31)16-21)29(36)34-14-12-33(13-15-34)19-20-6-4-3-5-7-20/h3-11,16-18H,12-15,19H2,1-2H3. The van der Waals surface area contributed by atoms with Gasteiger partial charge in [-0.2, -0.15) is 5.10 Å². The molecule has 0 N–H and O–H groups in total. The molecule has 38 heavy (non-hydrogen) atoms. The van der Waals surface area contributed by atoms with Crippen LogP contribution in [0.2, 0.25) is 10.0 Å². The van der Waals surface area contributed by atoms with Crippen LogP contribution >= 0.6 is 23.2 Å². The molecule has 3 aromatic carbocycles. The summed E-state index contributed by atoms with van der Waals surface area (Å²) in [5.74, 6) is 1.16. The molecule has 2 heterocycles. The topological polar surface area (TPSA) is 59.8 Å². The zero-order valence-corrected chi connectivity index (χ0v) is 22.7. The Morgan fingerprint density at radius 2 is 1.63 bits per heavy atom. The van der Waals surface area contributed by atoms with Gasteiger partial charge in [0.2, 0.25) is 0 Å². The summed E-state index contributed by atoms with van der Waals surface area (Å²) in [6, 6.07) is 22.9. The number of halogens is 2. The number of nitrogens with zero attached hydrogens (tertiary/aromatic N) is 4. The Kier molecular flexibility index (Phi) is 7.88. The van der Waals surface area contributed by atoms with Crippen LogP contribution < -0.4 is 9.47 Å². The zero-order chi connectivity index (χ0) is 26.6. The number of rotatable bonds is 7. The van der Waals surface area contributed by atoms with Gasteiger partial charge < -0.3 is 14.4 Å². The van der Waals surface area contributed by atoms with Crippen LogP contribution in [0.15, 0.2) is 72.8 Å². The van der Waals surface area contributed by atoms with Crippen LogP contribution in [-0.2, 0) is 6.54 Å². The van der Waals surface area contributed by atoms with Gasteiger partial charge in [0.05, 0.1) is 35.6 Å². The molecule has 1 saturated heterocycles. The first-order chi connectivity index (χ1) is 18.5. The maximum absolute atomic E-state index is 13.8.